The summed E-state index contributed by atoms with van der Waals surface area (Å²) in [7, 11) is 1.43. The molecule has 0 unspecified atom stereocenters. The molecule has 98 valence electrons. The Bertz CT molecular complexity index is 437. The summed E-state index contributed by atoms with van der Waals surface area (Å²) < 4.78 is 4.71. The van der Waals surface area contributed by atoms with Crippen molar-refractivity contribution in [1.29, 1.82) is 0 Å². The molecular weight excluding hydrogens is 252 g/mol. The second kappa shape index (κ2) is 5.53. The molecule has 1 fully saturated rings. The van der Waals surface area contributed by atoms with Crippen molar-refractivity contribution in [2.24, 2.45) is 11.3 Å². The Labute approximate surface area is 110 Å². The predicted molar refractivity (Wildman–Crippen MR) is 68.9 cm³/mol. The average Bonchev–Trinajstić information content (AvgIpc) is 3.17. The maximum absolute atomic E-state index is 11.3. The van der Waals surface area contributed by atoms with Crippen molar-refractivity contribution in [2.75, 3.05) is 18.3 Å². The van der Waals surface area contributed by atoms with E-state index in [4.69, 9.17) is 10.6 Å². The van der Waals surface area contributed by atoms with E-state index < -0.39 is 0 Å². The number of rotatable bonds is 6. The van der Waals surface area contributed by atoms with Crippen LogP contribution < -0.4 is 11.3 Å². The molecule has 7 heteroatoms. The Hall–Kier alpha value is -1.34. The molecule has 0 radical (unpaired) electrons. The molecule has 0 spiro atoms. The first-order valence-electron chi connectivity index (χ1n) is 5.67. The lowest BCUT2D eigenvalue weighted by molar-refractivity contribution is -0.141. The number of hydrogen-bond acceptors (Lipinski definition) is 7. The van der Waals surface area contributed by atoms with Gasteiger partial charge in [-0.05, 0) is 24.3 Å². The van der Waals surface area contributed by atoms with E-state index in [1.165, 1.54) is 7.11 Å². The van der Waals surface area contributed by atoms with Gasteiger partial charge in [0.1, 0.15) is 5.03 Å². The van der Waals surface area contributed by atoms with E-state index in [0.29, 0.717) is 12.4 Å². The number of aromatic nitrogens is 2. The highest BCUT2D eigenvalue weighted by Gasteiger charge is 2.44. The van der Waals surface area contributed by atoms with Gasteiger partial charge in [0.2, 0.25) is 5.95 Å². The van der Waals surface area contributed by atoms with Crippen LogP contribution in [0.5, 0.6) is 0 Å². The molecule has 2 rings (SSSR count). The number of carbonyl (C=O) groups is 1. The van der Waals surface area contributed by atoms with Gasteiger partial charge in [-0.3, -0.25) is 10.2 Å². The summed E-state index contributed by atoms with van der Waals surface area (Å²) >= 11 is 1.62. The molecule has 1 saturated carbocycles. The fourth-order valence-electron chi connectivity index (χ4n) is 1.65. The van der Waals surface area contributed by atoms with Crippen LogP contribution >= 0.6 is 11.8 Å². The molecule has 1 aliphatic carbocycles. The van der Waals surface area contributed by atoms with E-state index in [2.05, 4.69) is 15.4 Å². The number of nitrogens with one attached hydrogen (secondary N) is 1. The number of hydrogen-bond donors (Lipinski definition) is 2. The van der Waals surface area contributed by atoms with Crippen molar-refractivity contribution in [1.82, 2.24) is 9.97 Å². The molecule has 6 nitrogen and oxygen atoms in total. The molecule has 0 atom stereocenters. The number of thioether (sulfide) groups is 1. The van der Waals surface area contributed by atoms with Gasteiger partial charge in [-0.2, -0.15) is 0 Å². The van der Waals surface area contributed by atoms with Crippen molar-refractivity contribution < 1.29 is 9.53 Å². The number of hydrazine groups is 1. The topological polar surface area (TPSA) is 90.1 Å². The number of esters is 1. The van der Waals surface area contributed by atoms with Gasteiger partial charge in [0.15, 0.2) is 0 Å². The third kappa shape index (κ3) is 3.33. The van der Waals surface area contributed by atoms with E-state index >= 15 is 0 Å². The Balaban J connectivity index is 1.89. The molecule has 0 saturated heterocycles. The van der Waals surface area contributed by atoms with E-state index in [1.54, 1.807) is 18.0 Å². The van der Waals surface area contributed by atoms with Crippen molar-refractivity contribution in [3.05, 3.63) is 12.3 Å². The van der Waals surface area contributed by atoms with Crippen LogP contribution in [0.15, 0.2) is 17.3 Å². The van der Waals surface area contributed by atoms with Gasteiger partial charge in [0.25, 0.3) is 0 Å². The fourth-order valence-corrected chi connectivity index (χ4v) is 2.80. The molecule has 0 bridgehead atoms. The first kappa shape index (κ1) is 13.1. The molecular formula is C11H16N4O2S. The third-order valence-electron chi connectivity index (χ3n) is 2.99. The van der Waals surface area contributed by atoms with Gasteiger partial charge in [0, 0.05) is 11.9 Å². The molecule has 1 aliphatic rings. The fraction of sp³-hybridized carbons (Fsp3) is 0.545. The highest BCUT2D eigenvalue weighted by atomic mass is 32.2. The number of carbonyl (C=O) groups excluding carboxylic acids is 1. The second-order valence-electron chi connectivity index (χ2n) is 4.40. The Kier molecular flexibility index (Phi) is 4.03. The molecule has 1 heterocycles. The van der Waals surface area contributed by atoms with Gasteiger partial charge < -0.3 is 4.74 Å². The standard InChI is InChI=1S/C11H16N4O2S/c1-17-9(16)6-11(3-4-11)7-18-8-2-5-13-10(14-8)15-12/h2,5H,3-4,6-7,12H2,1H3,(H,13,14,15). The van der Waals surface area contributed by atoms with Gasteiger partial charge in [-0.1, -0.05) is 0 Å². The maximum Gasteiger partial charge on any atom is 0.306 e. The summed E-state index contributed by atoms with van der Waals surface area (Å²) in [5, 5.41) is 0.856. The van der Waals surface area contributed by atoms with Crippen molar-refractivity contribution in [2.45, 2.75) is 24.3 Å². The number of nitrogens with two attached hydrogens (primary N) is 1. The van der Waals surface area contributed by atoms with Crippen LogP contribution in [0.2, 0.25) is 0 Å². The first-order chi connectivity index (χ1) is 8.67. The first-order valence-corrected chi connectivity index (χ1v) is 6.65. The minimum Gasteiger partial charge on any atom is -0.469 e. The van der Waals surface area contributed by atoms with Gasteiger partial charge in [-0.25, -0.2) is 15.8 Å². The van der Waals surface area contributed by atoms with E-state index in [1.807, 2.05) is 6.07 Å². The normalized spacial score (nSPS) is 16.1. The Morgan fingerprint density at radius 3 is 3.06 bits per heavy atom. The molecule has 18 heavy (non-hydrogen) atoms. The van der Waals surface area contributed by atoms with Crippen LogP contribution in [0, 0.1) is 5.41 Å². The minimum absolute atomic E-state index is 0.0962. The lowest BCUT2D eigenvalue weighted by Gasteiger charge is -2.12. The molecule has 1 aromatic heterocycles. The summed E-state index contributed by atoms with van der Waals surface area (Å²) in [5.41, 5.74) is 2.51. The Morgan fingerprint density at radius 2 is 2.44 bits per heavy atom. The molecule has 0 aromatic carbocycles. The highest BCUT2D eigenvalue weighted by molar-refractivity contribution is 7.99. The zero-order valence-corrected chi connectivity index (χ0v) is 11.0. The van der Waals surface area contributed by atoms with Crippen molar-refractivity contribution in [3.63, 3.8) is 0 Å². The largest absolute Gasteiger partial charge is 0.469 e. The van der Waals surface area contributed by atoms with Gasteiger partial charge in [-0.15, -0.1) is 11.8 Å². The smallest absolute Gasteiger partial charge is 0.306 e. The summed E-state index contributed by atoms with van der Waals surface area (Å²) in [6.45, 7) is 0. The van der Waals surface area contributed by atoms with Crippen LogP contribution in [0.25, 0.3) is 0 Å². The molecule has 0 aliphatic heterocycles. The minimum atomic E-state index is -0.139. The van der Waals surface area contributed by atoms with Crippen molar-refractivity contribution in [3.8, 4) is 0 Å². The number of nitrogen functional groups attached to an aromatic ring is 1. The van der Waals surface area contributed by atoms with Crippen molar-refractivity contribution >= 4 is 23.7 Å². The summed E-state index contributed by atoms with van der Waals surface area (Å²) in [4.78, 5) is 19.5. The quantitative estimate of drug-likeness (QED) is 0.263. The van der Waals surface area contributed by atoms with E-state index in [9.17, 15) is 4.79 Å². The zero-order chi connectivity index (χ0) is 13.0. The second-order valence-corrected chi connectivity index (χ2v) is 5.40. The zero-order valence-electron chi connectivity index (χ0n) is 10.2. The molecule has 1 aromatic rings. The summed E-state index contributed by atoms with van der Waals surface area (Å²) in [5.74, 6) is 6.38. The summed E-state index contributed by atoms with van der Waals surface area (Å²) in [6.07, 6.45) is 4.29. The average molecular weight is 268 g/mol. The molecule has 0 amide bonds. The highest BCUT2D eigenvalue weighted by Crippen LogP contribution is 2.51. The number of anilines is 1. The number of methoxy groups -OCH3 is 1. The van der Waals surface area contributed by atoms with E-state index in [-0.39, 0.29) is 11.4 Å². The number of nitrogens with zero attached hydrogens (tertiary/aromatic N) is 2. The van der Waals surface area contributed by atoms with Crippen LogP contribution in [-0.4, -0.2) is 28.8 Å². The predicted octanol–water partition coefficient (Wildman–Crippen LogP) is 1.20. The SMILES string of the molecule is COC(=O)CC1(CSc2ccnc(NN)n2)CC1. The third-order valence-corrected chi connectivity index (χ3v) is 4.27. The molecule has 3 N–H and O–H groups in total. The van der Waals surface area contributed by atoms with Crippen LogP contribution in [0.4, 0.5) is 5.95 Å². The van der Waals surface area contributed by atoms with Gasteiger partial charge >= 0.3 is 5.97 Å². The maximum atomic E-state index is 11.3. The lowest BCUT2D eigenvalue weighted by atomic mass is 10.1. The van der Waals surface area contributed by atoms with Crippen LogP contribution in [0.3, 0.4) is 0 Å². The number of ether oxygens (including phenoxy) is 1. The van der Waals surface area contributed by atoms with Crippen LogP contribution in [0.1, 0.15) is 19.3 Å². The lowest BCUT2D eigenvalue weighted by Crippen LogP contribution is -2.13. The Morgan fingerprint density at radius 1 is 1.67 bits per heavy atom. The monoisotopic (exact) mass is 268 g/mol. The van der Waals surface area contributed by atoms with Gasteiger partial charge in [0.05, 0.1) is 13.5 Å². The van der Waals surface area contributed by atoms with E-state index in [0.717, 1.165) is 23.6 Å². The van der Waals surface area contributed by atoms with Crippen LogP contribution in [-0.2, 0) is 9.53 Å². The summed E-state index contributed by atoms with van der Waals surface area (Å²) in [6, 6.07) is 1.83.